The number of carbonyl (C=O) groups excluding carboxylic acids is 2. The fourth-order valence-corrected chi connectivity index (χ4v) is 1.27. The van der Waals surface area contributed by atoms with E-state index in [1.807, 2.05) is 0 Å². The Bertz CT molecular complexity index is 447. The van der Waals surface area contributed by atoms with E-state index in [9.17, 15) is 14.4 Å². The Kier molecular flexibility index (Phi) is 4.79. The SMILES string of the molecule is NC(=O)CC[C@@H](NC(=O)c1ccccn1)C(=O)O. The Labute approximate surface area is 103 Å². The van der Waals surface area contributed by atoms with Gasteiger partial charge in [-0.1, -0.05) is 6.07 Å². The van der Waals surface area contributed by atoms with Crippen molar-refractivity contribution in [2.75, 3.05) is 0 Å². The van der Waals surface area contributed by atoms with E-state index in [4.69, 9.17) is 10.8 Å². The van der Waals surface area contributed by atoms with Crippen molar-refractivity contribution in [2.45, 2.75) is 18.9 Å². The van der Waals surface area contributed by atoms with Gasteiger partial charge in [-0.05, 0) is 18.6 Å². The van der Waals surface area contributed by atoms with Crippen LogP contribution in [0.4, 0.5) is 0 Å². The summed E-state index contributed by atoms with van der Waals surface area (Å²) in [7, 11) is 0. The molecule has 1 aromatic heterocycles. The van der Waals surface area contributed by atoms with E-state index in [1.165, 1.54) is 12.3 Å². The van der Waals surface area contributed by atoms with E-state index in [0.29, 0.717) is 0 Å². The number of aromatic nitrogens is 1. The van der Waals surface area contributed by atoms with Gasteiger partial charge in [-0.15, -0.1) is 0 Å². The maximum atomic E-state index is 11.7. The van der Waals surface area contributed by atoms with Gasteiger partial charge in [0.25, 0.3) is 5.91 Å². The second-order valence-corrected chi connectivity index (χ2v) is 3.58. The monoisotopic (exact) mass is 251 g/mol. The number of hydrogen-bond donors (Lipinski definition) is 3. The van der Waals surface area contributed by atoms with Crippen molar-refractivity contribution >= 4 is 17.8 Å². The molecule has 1 rings (SSSR count). The zero-order chi connectivity index (χ0) is 13.5. The molecule has 7 heteroatoms. The standard InChI is InChI=1S/C11H13N3O4/c12-9(15)5-4-8(11(17)18)14-10(16)7-3-1-2-6-13-7/h1-3,6,8H,4-5H2,(H2,12,15)(H,14,16)(H,17,18)/t8-/m1/s1. The zero-order valence-electron chi connectivity index (χ0n) is 9.50. The number of carbonyl (C=O) groups is 3. The molecule has 1 aromatic rings. The van der Waals surface area contributed by atoms with E-state index in [2.05, 4.69) is 10.3 Å². The lowest BCUT2D eigenvalue weighted by Gasteiger charge is -2.13. The average molecular weight is 251 g/mol. The Morgan fingerprint density at radius 3 is 2.61 bits per heavy atom. The minimum Gasteiger partial charge on any atom is -0.480 e. The molecule has 7 nitrogen and oxygen atoms in total. The maximum absolute atomic E-state index is 11.7. The van der Waals surface area contributed by atoms with Gasteiger partial charge in [-0.2, -0.15) is 0 Å². The number of nitrogens with zero attached hydrogens (tertiary/aromatic N) is 1. The Morgan fingerprint density at radius 2 is 2.11 bits per heavy atom. The number of nitrogens with two attached hydrogens (primary N) is 1. The highest BCUT2D eigenvalue weighted by Crippen LogP contribution is 2.00. The molecule has 0 bridgehead atoms. The van der Waals surface area contributed by atoms with Gasteiger partial charge in [0, 0.05) is 12.6 Å². The maximum Gasteiger partial charge on any atom is 0.326 e. The van der Waals surface area contributed by atoms with Crippen LogP contribution < -0.4 is 11.1 Å². The van der Waals surface area contributed by atoms with Crippen molar-refractivity contribution in [3.63, 3.8) is 0 Å². The highest BCUT2D eigenvalue weighted by Gasteiger charge is 2.21. The van der Waals surface area contributed by atoms with Crippen molar-refractivity contribution in [3.05, 3.63) is 30.1 Å². The van der Waals surface area contributed by atoms with Crippen molar-refractivity contribution < 1.29 is 19.5 Å². The lowest BCUT2D eigenvalue weighted by molar-refractivity contribution is -0.139. The summed E-state index contributed by atoms with van der Waals surface area (Å²) in [5.41, 5.74) is 5.04. The minimum absolute atomic E-state index is 0.0523. The molecular weight excluding hydrogens is 238 g/mol. The van der Waals surface area contributed by atoms with Crippen LogP contribution in [0.15, 0.2) is 24.4 Å². The molecule has 0 aromatic carbocycles. The van der Waals surface area contributed by atoms with Crippen LogP contribution in [0.1, 0.15) is 23.3 Å². The predicted molar refractivity (Wildman–Crippen MR) is 61.6 cm³/mol. The van der Waals surface area contributed by atoms with Crippen LogP contribution in [-0.2, 0) is 9.59 Å². The smallest absolute Gasteiger partial charge is 0.326 e. The number of primary amides is 1. The van der Waals surface area contributed by atoms with E-state index >= 15 is 0 Å². The third-order valence-corrected chi connectivity index (χ3v) is 2.18. The Morgan fingerprint density at radius 1 is 1.39 bits per heavy atom. The third kappa shape index (κ3) is 4.20. The number of nitrogens with one attached hydrogen (secondary N) is 1. The lowest BCUT2D eigenvalue weighted by Crippen LogP contribution is -2.41. The van der Waals surface area contributed by atoms with Crippen LogP contribution in [0.3, 0.4) is 0 Å². The van der Waals surface area contributed by atoms with Crippen LogP contribution in [0.2, 0.25) is 0 Å². The van der Waals surface area contributed by atoms with Gasteiger partial charge in [0.05, 0.1) is 0 Å². The van der Waals surface area contributed by atoms with Crippen LogP contribution in [-0.4, -0.2) is 33.9 Å². The quantitative estimate of drug-likeness (QED) is 0.630. The van der Waals surface area contributed by atoms with Crippen LogP contribution in [0, 0.1) is 0 Å². The number of rotatable bonds is 6. The molecule has 96 valence electrons. The number of carboxylic acid groups (broad SMARTS) is 1. The number of aliphatic carboxylic acids is 1. The number of carboxylic acids is 1. The highest BCUT2D eigenvalue weighted by molar-refractivity contribution is 5.95. The molecule has 4 N–H and O–H groups in total. The molecule has 1 heterocycles. The van der Waals surface area contributed by atoms with E-state index in [-0.39, 0.29) is 18.5 Å². The third-order valence-electron chi connectivity index (χ3n) is 2.18. The van der Waals surface area contributed by atoms with Gasteiger partial charge in [0.1, 0.15) is 11.7 Å². The first-order valence-corrected chi connectivity index (χ1v) is 5.23. The van der Waals surface area contributed by atoms with Gasteiger partial charge >= 0.3 is 5.97 Å². The molecule has 18 heavy (non-hydrogen) atoms. The van der Waals surface area contributed by atoms with Crippen LogP contribution in [0.5, 0.6) is 0 Å². The van der Waals surface area contributed by atoms with E-state index in [1.54, 1.807) is 12.1 Å². The fraction of sp³-hybridized carbons (Fsp3) is 0.273. The summed E-state index contributed by atoms with van der Waals surface area (Å²) in [5, 5.41) is 11.2. The molecule has 0 saturated carbocycles. The summed E-state index contributed by atoms with van der Waals surface area (Å²) >= 11 is 0. The van der Waals surface area contributed by atoms with Crippen molar-refractivity contribution in [1.82, 2.24) is 10.3 Å². The average Bonchev–Trinajstić information content (AvgIpc) is 2.34. The molecular formula is C11H13N3O4. The number of amides is 2. The van der Waals surface area contributed by atoms with Gasteiger partial charge in [0.2, 0.25) is 5.91 Å². The van der Waals surface area contributed by atoms with E-state index < -0.39 is 23.8 Å². The molecule has 0 aliphatic rings. The number of pyridine rings is 1. The van der Waals surface area contributed by atoms with Gasteiger partial charge in [-0.25, -0.2) is 4.79 Å². The summed E-state index contributed by atoms with van der Waals surface area (Å²) in [5.74, 6) is -2.44. The molecule has 0 fully saturated rings. The van der Waals surface area contributed by atoms with Gasteiger partial charge in [-0.3, -0.25) is 14.6 Å². The molecule has 2 amide bonds. The predicted octanol–water partition coefficient (Wildman–Crippen LogP) is -0.470. The molecule has 0 aliphatic heterocycles. The highest BCUT2D eigenvalue weighted by atomic mass is 16.4. The summed E-state index contributed by atoms with van der Waals surface area (Å²) in [6.45, 7) is 0. The minimum atomic E-state index is -1.22. The first kappa shape index (κ1) is 13.6. The molecule has 0 spiro atoms. The Balaban J connectivity index is 2.64. The molecule has 0 radical (unpaired) electrons. The van der Waals surface area contributed by atoms with Crippen molar-refractivity contribution in [2.24, 2.45) is 5.73 Å². The second kappa shape index (κ2) is 6.33. The van der Waals surface area contributed by atoms with Gasteiger partial charge < -0.3 is 16.2 Å². The van der Waals surface area contributed by atoms with Gasteiger partial charge in [0.15, 0.2) is 0 Å². The normalized spacial score (nSPS) is 11.6. The molecule has 0 unspecified atom stereocenters. The summed E-state index contributed by atoms with van der Waals surface area (Å²) in [4.78, 5) is 36.9. The first-order chi connectivity index (χ1) is 8.50. The van der Waals surface area contributed by atoms with E-state index in [0.717, 1.165) is 0 Å². The zero-order valence-corrected chi connectivity index (χ0v) is 9.50. The first-order valence-electron chi connectivity index (χ1n) is 5.23. The Hall–Kier alpha value is -2.44. The summed E-state index contributed by atoms with van der Waals surface area (Å²) in [6, 6.07) is 3.55. The van der Waals surface area contributed by atoms with Crippen molar-refractivity contribution in [3.8, 4) is 0 Å². The largest absolute Gasteiger partial charge is 0.480 e. The molecule has 1 atom stereocenters. The van der Waals surface area contributed by atoms with Crippen LogP contribution >= 0.6 is 0 Å². The second-order valence-electron chi connectivity index (χ2n) is 3.58. The van der Waals surface area contributed by atoms with Crippen molar-refractivity contribution in [1.29, 1.82) is 0 Å². The summed E-state index contributed by atoms with van der Waals surface area (Å²) < 4.78 is 0. The molecule has 0 saturated heterocycles. The number of hydrogen-bond acceptors (Lipinski definition) is 4. The summed E-state index contributed by atoms with van der Waals surface area (Å²) in [6.07, 6.45) is 1.26. The molecule has 0 aliphatic carbocycles. The topological polar surface area (TPSA) is 122 Å². The lowest BCUT2D eigenvalue weighted by atomic mass is 10.1. The fourth-order valence-electron chi connectivity index (χ4n) is 1.27. The van der Waals surface area contributed by atoms with Crippen LogP contribution in [0.25, 0.3) is 0 Å².